The first-order chi connectivity index (χ1) is 9.08. The third-order valence-corrected chi connectivity index (χ3v) is 2.49. The van der Waals surface area contributed by atoms with Gasteiger partial charge in [0.1, 0.15) is 0 Å². The Hall–Kier alpha value is -3.10. The van der Waals surface area contributed by atoms with Crippen molar-refractivity contribution >= 4 is 35.5 Å². The zero-order valence-electron chi connectivity index (χ0n) is 9.23. The van der Waals surface area contributed by atoms with Gasteiger partial charge in [0.25, 0.3) is 29.6 Å². The number of hydrogen-bond donors (Lipinski definition) is 1. The highest BCUT2D eigenvalue weighted by molar-refractivity contribution is 6.28. The minimum atomic E-state index is -0.590. The number of carbonyl (C=O) groups is 4. The van der Waals surface area contributed by atoms with Gasteiger partial charge < -0.3 is 0 Å². The normalized spacial score (nSPS) is 18.3. The summed E-state index contributed by atoms with van der Waals surface area (Å²) in [6.45, 7) is 0. The Labute approximate surface area is 105 Å². The maximum atomic E-state index is 11.4. The van der Waals surface area contributed by atoms with E-state index in [-0.39, 0.29) is 11.9 Å². The van der Waals surface area contributed by atoms with Gasteiger partial charge in [-0.2, -0.15) is 4.98 Å². The van der Waals surface area contributed by atoms with E-state index in [2.05, 4.69) is 15.2 Å². The minimum Gasteiger partial charge on any atom is -0.269 e. The fraction of sp³-hybridized carbons (Fsp3) is 0. The molecule has 3 heterocycles. The van der Waals surface area contributed by atoms with Crippen LogP contribution in [0.4, 0.5) is 11.9 Å². The Morgan fingerprint density at radius 3 is 1.79 bits per heavy atom. The summed E-state index contributed by atoms with van der Waals surface area (Å²) >= 11 is 0. The molecule has 2 aliphatic heterocycles. The van der Waals surface area contributed by atoms with Crippen molar-refractivity contribution in [2.75, 3.05) is 9.80 Å². The molecule has 2 aliphatic rings. The van der Waals surface area contributed by atoms with Crippen molar-refractivity contribution in [3.8, 4) is 0 Å². The summed E-state index contributed by atoms with van der Waals surface area (Å²) < 4.78 is 0. The van der Waals surface area contributed by atoms with Gasteiger partial charge in [0, 0.05) is 24.3 Å². The quantitative estimate of drug-likeness (QED) is 0.657. The van der Waals surface area contributed by atoms with Gasteiger partial charge in [-0.1, -0.05) is 0 Å². The van der Waals surface area contributed by atoms with Crippen LogP contribution in [0.5, 0.6) is 0 Å². The maximum absolute atomic E-state index is 11.4. The van der Waals surface area contributed by atoms with Crippen LogP contribution >= 0.6 is 0 Å². The average molecular weight is 259 g/mol. The van der Waals surface area contributed by atoms with Gasteiger partial charge in [0.15, 0.2) is 0 Å². The van der Waals surface area contributed by atoms with Gasteiger partial charge >= 0.3 is 0 Å². The topological polar surface area (TPSA) is 116 Å². The van der Waals surface area contributed by atoms with E-state index in [0.29, 0.717) is 0 Å². The molecule has 1 N–H and O–H groups in total. The molecule has 0 unspecified atom stereocenters. The average Bonchev–Trinajstić information content (AvgIpc) is 3.02. The summed E-state index contributed by atoms with van der Waals surface area (Å²) in [6, 6.07) is 0. The molecule has 0 spiro atoms. The van der Waals surface area contributed by atoms with Gasteiger partial charge in [0.05, 0.1) is 0 Å². The van der Waals surface area contributed by atoms with Crippen LogP contribution in [0.1, 0.15) is 0 Å². The molecule has 0 bridgehead atoms. The number of imide groups is 2. The molecule has 9 heteroatoms. The summed E-state index contributed by atoms with van der Waals surface area (Å²) in [4.78, 5) is 50.9. The molecule has 0 saturated carbocycles. The molecule has 0 aromatic carbocycles. The molecule has 19 heavy (non-hydrogen) atoms. The number of H-pyrrole nitrogens is 1. The Balaban J connectivity index is 1.92. The molecule has 9 nitrogen and oxygen atoms in total. The van der Waals surface area contributed by atoms with Gasteiger partial charge in [-0.25, -0.2) is 14.9 Å². The Morgan fingerprint density at radius 2 is 1.26 bits per heavy atom. The van der Waals surface area contributed by atoms with Crippen LogP contribution in [0.15, 0.2) is 24.3 Å². The predicted octanol–water partition coefficient (Wildman–Crippen LogP) is -1.34. The third kappa shape index (κ3) is 1.56. The number of anilines is 2. The molecule has 94 valence electrons. The SMILES string of the molecule is O=C1C=CC(=O)N1c1n[nH]c(N2C(=O)C=CC2=O)n1. The molecule has 1 aromatic heterocycles. The van der Waals surface area contributed by atoms with E-state index < -0.39 is 23.6 Å². The van der Waals surface area contributed by atoms with Crippen molar-refractivity contribution < 1.29 is 19.2 Å². The monoisotopic (exact) mass is 259 g/mol. The molecule has 0 radical (unpaired) electrons. The number of aromatic nitrogens is 3. The van der Waals surface area contributed by atoms with Gasteiger partial charge in [-0.15, -0.1) is 5.10 Å². The lowest BCUT2D eigenvalue weighted by atomic mass is 10.6. The second kappa shape index (κ2) is 3.70. The van der Waals surface area contributed by atoms with E-state index in [0.717, 1.165) is 34.1 Å². The van der Waals surface area contributed by atoms with Gasteiger partial charge in [0.2, 0.25) is 5.95 Å². The summed E-state index contributed by atoms with van der Waals surface area (Å²) in [5, 5.41) is 5.98. The lowest BCUT2D eigenvalue weighted by Gasteiger charge is -2.09. The summed E-state index contributed by atoms with van der Waals surface area (Å²) in [7, 11) is 0. The number of amides is 4. The fourth-order valence-electron chi connectivity index (χ4n) is 1.65. The lowest BCUT2D eigenvalue weighted by Crippen LogP contribution is -2.32. The number of rotatable bonds is 2. The van der Waals surface area contributed by atoms with Crippen molar-refractivity contribution in [3.63, 3.8) is 0 Å². The summed E-state index contributed by atoms with van der Waals surface area (Å²) in [5.74, 6) is -2.71. The zero-order chi connectivity index (χ0) is 13.6. The highest BCUT2D eigenvalue weighted by Gasteiger charge is 2.32. The highest BCUT2D eigenvalue weighted by atomic mass is 16.2. The van der Waals surface area contributed by atoms with Gasteiger partial charge in [-0.3, -0.25) is 19.2 Å². The van der Waals surface area contributed by atoms with Crippen molar-refractivity contribution in [2.45, 2.75) is 0 Å². The van der Waals surface area contributed by atoms with E-state index in [1.165, 1.54) is 0 Å². The van der Waals surface area contributed by atoms with Crippen LogP contribution in [0.25, 0.3) is 0 Å². The van der Waals surface area contributed by atoms with E-state index in [4.69, 9.17) is 0 Å². The van der Waals surface area contributed by atoms with E-state index >= 15 is 0 Å². The standard InChI is InChI=1S/C10H5N5O4/c16-5-1-2-6(17)14(5)9-11-10(13-12-9)15-7(18)3-4-8(15)19/h1-4H,(H,11,12,13). The molecule has 0 fully saturated rings. The van der Waals surface area contributed by atoms with E-state index in [1.54, 1.807) is 0 Å². The molecule has 1 aromatic rings. The van der Waals surface area contributed by atoms with Crippen molar-refractivity contribution in [2.24, 2.45) is 0 Å². The van der Waals surface area contributed by atoms with E-state index in [1.807, 2.05) is 0 Å². The molecular formula is C10H5N5O4. The summed E-state index contributed by atoms with van der Waals surface area (Å²) in [5.41, 5.74) is 0. The van der Waals surface area contributed by atoms with E-state index in [9.17, 15) is 19.2 Å². The Morgan fingerprint density at radius 1 is 0.789 bits per heavy atom. The number of hydrogen-bond acceptors (Lipinski definition) is 6. The molecular weight excluding hydrogens is 254 g/mol. The van der Waals surface area contributed by atoms with Crippen molar-refractivity contribution in [3.05, 3.63) is 24.3 Å². The van der Waals surface area contributed by atoms with Crippen LogP contribution in [0.2, 0.25) is 0 Å². The van der Waals surface area contributed by atoms with Crippen molar-refractivity contribution in [1.82, 2.24) is 15.2 Å². The van der Waals surface area contributed by atoms with Crippen molar-refractivity contribution in [1.29, 1.82) is 0 Å². The van der Waals surface area contributed by atoms with Crippen LogP contribution in [-0.2, 0) is 19.2 Å². The Bertz CT molecular complexity index is 593. The molecule has 3 rings (SSSR count). The fourth-order valence-corrected chi connectivity index (χ4v) is 1.65. The van der Waals surface area contributed by atoms with Gasteiger partial charge in [-0.05, 0) is 0 Å². The molecule has 0 saturated heterocycles. The van der Waals surface area contributed by atoms with Crippen LogP contribution < -0.4 is 9.80 Å². The number of carbonyl (C=O) groups excluding carboxylic acids is 4. The van der Waals surface area contributed by atoms with Crippen LogP contribution in [-0.4, -0.2) is 38.8 Å². The minimum absolute atomic E-state index is 0.150. The predicted molar refractivity (Wildman–Crippen MR) is 59.6 cm³/mol. The Kier molecular flexibility index (Phi) is 2.14. The third-order valence-electron chi connectivity index (χ3n) is 2.49. The second-order valence-electron chi connectivity index (χ2n) is 3.65. The first-order valence-electron chi connectivity index (χ1n) is 5.12. The zero-order valence-corrected chi connectivity index (χ0v) is 9.23. The first kappa shape index (κ1) is 11.0. The number of nitrogens with one attached hydrogen (secondary N) is 1. The second-order valence-corrected chi connectivity index (χ2v) is 3.65. The lowest BCUT2D eigenvalue weighted by molar-refractivity contribution is -0.121. The largest absolute Gasteiger partial charge is 0.269 e. The smallest absolute Gasteiger partial charge is 0.260 e. The maximum Gasteiger partial charge on any atom is 0.260 e. The van der Waals surface area contributed by atoms with Crippen LogP contribution in [0, 0.1) is 0 Å². The van der Waals surface area contributed by atoms with Crippen LogP contribution in [0.3, 0.4) is 0 Å². The molecule has 0 atom stereocenters. The molecule has 4 amide bonds. The number of nitrogens with zero attached hydrogens (tertiary/aromatic N) is 4. The highest BCUT2D eigenvalue weighted by Crippen LogP contribution is 2.19. The molecule has 0 aliphatic carbocycles. The first-order valence-corrected chi connectivity index (χ1v) is 5.12. The number of aromatic amines is 1. The summed E-state index contributed by atoms with van der Waals surface area (Å²) in [6.07, 6.45) is 4.31.